The highest BCUT2D eigenvalue weighted by atomic mass is 35.5. The molecule has 0 saturated heterocycles. The number of nitrogens with one attached hydrogen (secondary N) is 1. The number of rotatable bonds is 13. The van der Waals surface area contributed by atoms with E-state index in [1.165, 1.54) is 0 Å². The molecule has 0 bridgehead atoms. The third-order valence-electron chi connectivity index (χ3n) is 4.77. The molecule has 1 heterocycles. The van der Waals surface area contributed by atoms with E-state index in [-0.39, 0.29) is 18.9 Å². The van der Waals surface area contributed by atoms with Gasteiger partial charge in [-0.3, -0.25) is 9.59 Å². The van der Waals surface area contributed by atoms with Crippen LogP contribution in [0.3, 0.4) is 0 Å². The highest BCUT2D eigenvalue weighted by molar-refractivity contribution is 8.05. The predicted molar refractivity (Wildman–Crippen MR) is 119 cm³/mol. The average Bonchev–Trinajstić information content (AvgIpc) is 3.18. The van der Waals surface area contributed by atoms with E-state index in [1.54, 1.807) is 31.4 Å². The lowest BCUT2D eigenvalue weighted by Crippen LogP contribution is -2.37. The van der Waals surface area contributed by atoms with Crippen molar-refractivity contribution in [3.05, 3.63) is 39.8 Å². The quantitative estimate of drug-likeness (QED) is 0.393. The first kappa shape index (κ1) is 24.5. The maximum atomic E-state index is 12.6. The first-order valence-corrected chi connectivity index (χ1v) is 11.1. The number of benzene rings is 1. The average molecular weight is 457 g/mol. The maximum Gasteiger partial charge on any atom is 0.257 e. The van der Waals surface area contributed by atoms with Gasteiger partial charge in [0.05, 0.1) is 11.5 Å². The summed E-state index contributed by atoms with van der Waals surface area (Å²) in [5.74, 6) is -0.301. The number of aliphatic hydroxyl groups excluding tert-OH is 1. The van der Waals surface area contributed by atoms with Crippen molar-refractivity contribution in [2.24, 2.45) is 5.73 Å². The van der Waals surface area contributed by atoms with Crippen LogP contribution in [0, 0.1) is 0 Å². The van der Waals surface area contributed by atoms with Crippen molar-refractivity contribution >= 4 is 35.2 Å². The van der Waals surface area contributed by atoms with Crippen LogP contribution >= 0.6 is 23.4 Å². The zero-order chi connectivity index (χ0) is 22.0. The molecule has 1 aromatic rings. The lowest BCUT2D eigenvalue weighted by molar-refractivity contribution is -0.120. The van der Waals surface area contributed by atoms with Crippen LogP contribution in [0.1, 0.15) is 37.7 Å². The number of allylic oxidation sites excluding steroid dienone is 1. The van der Waals surface area contributed by atoms with Gasteiger partial charge in [-0.15, -0.1) is 0 Å². The van der Waals surface area contributed by atoms with Gasteiger partial charge in [0.25, 0.3) is 5.91 Å². The van der Waals surface area contributed by atoms with E-state index in [4.69, 9.17) is 31.9 Å². The van der Waals surface area contributed by atoms with Crippen molar-refractivity contribution in [3.63, 3.8) is 0 Å². The fourth-order valence-electron chi connectivity index (χ4n) is 3.15. The van der Waals surface area contributed by atoms with Crippen molar-refractivity contribution in [1.82, 2.24) is 5.32 Å². The summed E-state index contributed by atoms with van der Waals surface area (Å²) < 4.78 is 9.63. The van der Waals surface area contributed by atoms with Crippen LogP contribution in [0.5, 0.6) is 5.75 Å². The number of methoxy groups -OCH3 is 1. The normalized spacial score (nSPS) is 18.2. The number of hydrogen-bond donors (Lipinski definition) is 3. The van der Waals surface area contributed by atoms with Crippen molar-refractivity contribution in [3.8, 4) is 5.75 Å². The smallest absolute Gasteiger partial charge is 0.257 e. The minimum absolute atomic E-state index is 0.186. The molecule has 2 rings (SSSR count). The highest BCUT2D eigenvalue weighted by Gasteiger charge is 2.46. The van der Waals surface area contributed by atoms with Crippen LogP contribution in [-0.4, -0.2) is 50.4 Å². The molecule has 1 unspecified atom stereocenters. The molecule has 166 valence electrons. The Hall–Kier alpha value is -1.74. The van der Waals surface area contributed by atoms with Crippen molar-refractivity contribution in [1.29, 1.82) is 0 Å². The van der Waals surface area contributed by atoms with E-state index in [0.29, 0.717) is 41.0 Å². The molecule has 1 aliphatic rings. The summed E-state index contributed by atoms with van der Waals surface area (Å²) >= 11 is 7.32. The second kappa shape index (κ2) is 12.2. The Morgan fingerprint density at radius 3 is 2.73 bits per heavy atom. The number of primary amides is 1. The van der Waals surface area contributed by atoms with Gasteiger partial charge in [-0.25, -0.2) is 0 Å². The summed E-state index contributed by atoms with van der Waals surface area (Å²) in [6, 6.07) is 5.04. The molecule has 1 aromatic carbocycles. The van der Waals surface area contributed by atoms with Gasteiger partial charge in [-0.05, 0) is 37.5 Å². The number of hydrogen-bond acceptors (Lipinski definition) is 6. The third-order valence-corrected chi connectivity index (χ3v) is 6.52. The van der Waals surface area contributed by atoms with Gasteiger partial charge in [0, 0.05) is 30.8 Å². The zero-order valence-electron chi connectivity index (χ0n) is 17.1. The van der Waals surface area contributed by atoms with Crippen molar-refractivity contribution in [2.45, 2.75) is 36.9 Å². The lowest BCUT2D eigenvalue weighted by atomic mass is 9.93. The molecule has 0 aliphatic carbocycles. The van der Waals surface area contributed by atoms with Crippen LogP contribution in [0.15, 0.2) is 29.2 Å². The Labute approximate surface area is 186 Å². The van der Waals surface area contributed by atoms with Crippen LogP contribution in [0.25, 0.3) is 0 Å². The summed E-state index contributed by atoms with van der Waals surface area (Å²) in [5, 5.41) is 12.1. The molecule has 30 heavy (non-hydrogen) atoms. The number of halogens is 1. The van der Waals surface area contributed by atoms with Crippen LogP contribution < -0.4 is 15.8 Å². The van der Waals surface area contributed by atoms with Crippen LogP contribution in [0.2, 0.25) is 5.02 Å². The van der Waals surface area contributed by atoms with E-state index in [1.807, 2.05) is 0 Å². The van der Waals surface area contributed by atoms with E-state index in [2.05, 4.69) is 5.32 Å². The fraction of sp³-hybridized carbons (Fsp3) is 0.524. The number of aliphatic hydroxyl groups is 1. The minimum Gasteiger partial charge on any atom is -0.491 e. The minimum atomic E-state index is -1.17. The molecule has 0 saturated carbocycles. The number of unbranched alkanes of at least 4 members (excludes halogenated alkanes) is 3. The molecule has 2 amide bonds. The summed E-state index contributed by atoms with van der Waals surface area (Å²) in [5.41, 5.74) is 6.35. The molecular weight excluding hydrogens is 428 g/mol. The Morgan fingerprint density at radius 2 is 2.03 bits per heavy atom. The molecule has 9 heteroatoms. The number of amides is 2. The summed E-state index contributed by atoms with van der Waals surface area (Å²) in [6.07, 6.45) is 5.46. The Kier molecular flexibility index (Phi) is 9.97. The number of ether oxygens (including phenoxy) is 2. The second-order valence-corrected chi connectivity index (χ2v) is 8.72. The first-order valence-electron chi connectivity index (χ1n) is 9.94. The van der Waals surface area contributed by atoms with Gasteiger partial charge < -0.3 is 25.6 Å². The number of carbonyl (C=O) groups is 2. The molecule has 7 nitrogen and oxygen atoms in total. The van der Waals surface area contributed by atoms with Crippen LogP contribution in [-0.2, 0) is 19.1 Å². The second-order valence-electron chi connectivity index (χ2n) is 6.94. The molecule has 0 fully saturated rings. The van der Waals surface area contributed by atoms with Gasteiger partial charge >= 0.3 is 0 Å². The zero-order valence-corrected chi connectivity index (χ0v) is 18.7. The summed E-state index contributed by atoms with van der Waals surface area (Å²) in [4.78, 5) is 25.6. The fourth-order valence-corrected chi connectivity index (χ4v) is 4.57. The molecule has 0 aromatic heterocycles. The predicted octanol–water partition coefficient (Wildman–Crippen LogP) is 2.74. The molecule has 0 spiro atoms. The first-order chi connectivity index (χ1) is 14.4. The summed E-state index contributed by atoms with van der Waals surface area (Å²) in [7, 11) is 1.57. The topological polar surface area (TPSA) is 111 Å². The molecular formula is C21H29ClN2O5S. The highest BCUT2D eigenvalue weighted by Crippen LogP contribution is 2.52. The number of carbonyl (C=O) groups excluding carboxylic acids is 2. The Balaban J connectivity index is 2.09. The summed E-state index contributed by atoms with van der Waals surface area (Å²) in [6.45, 7) is 1.42. The van der Waals surface area contributed by atoms with Crippen molar-refractivity contribution < 1.29 is 24.2 Å². The molecule has 1 aliphatic heterocycles. The SMILES string of the molecule is COCCOc1ccc(Cl)cc1C1(C(N)=O)CC=C(C(=O)NCCCCCCO)S1. The van der Waals surface area contributed by atoms with E-state index in [0.717, 1.165) is 37.4 Å². The Bertz CT molecular complexity index is 774. The standard InChI is InChI=1S/C21H29ClN2O5S/c1-28-12-13-29-17-7-6-15(22)14-16(17)21(20(23)27)9-8-18(30-21)19(26)24-10-4-2-3-5-11-25/h6-8,14,25H,2-5,9-13H2,1H3,(H2,23,27)(H,24,26). The van der Waals surface area contributed by atoms with E-state index in [9.17, 15) is 9.59 Å². The van der Waals surface area contributed by atoms with Gasteiger partial charge in [-0.2, -0.15) is 0 Å². The largest absolute Gasteiger partial charge is 0.491 e. The third kappa shape index (κ3) is 6.38. The van der Waals surface area contributed by atoms with E-state index < -0.39 is 10.7 Å². The van der Waals surface area contributed by atoms with Gasteiger partial charge in [0.15, 0.2) is 0 Å². The van der Waals surface area contributed by atoms with Gasteiger partial charge in [-0.1, -0.05) is 42.3 Å². The van der Waals surface area contributed by atoms with Gasteiger partial charge in [0.2, 0.25) is 5.91 Å². The van der Waals surface area contributed by atoms with Gasteiger partial charge in [0.1, 0.15) is 17.1 Å². The van der Waals surface area contributed by atoms with Crippen molar-refractivity contribution in [2.75, 3.05) is 33.5 Å². The monoisotopic (exact) mass is 456 g/mol. The van der Waals surface area contributed by atoms with E-state index >= 15 is 0 Å². The maximum absolute atomic E-state index is 12.6. The lowest BCUT2D eigenvalue weighted by Gasteiger charge is -2.28. The molecule has 0 radical (unpaired) electrons. The van der Waals surface area contributed by atoms with Crippen LogP contribution in [0.4, 0.5) is 0 Å². The Morgan fingerprint density at radius 1 is 1.27 bits per heavy atom. The molecule has 4 N–H and O–H groups in total. The number of thioether (sulfide) groups is 1. The molecule has 1 atom stereocenters. The number of nitrogens with two attached hydrogens (primary N) is 1.